The van der Waals surface area contributed by atoms with Gasteiger partial charge in [0, 0.05) is 34.6 Å². The Morgan fingerprint density at radius 2 is 2.15 bits per heavy atom. The van der Waals surface area contributed by atoms with Crippen molar-refractivity contribution in [1.29, 1.82) is 0 Å². The van der Waals surface area contributed by atoms with E-state index in [4.69, 9.17) is 4.74 Å². The summed E-state index contributed by atoms with van der Waals surface area (Å²) in [4.78, 5) is 16.2. The second-order valence-electron chi connectivity index (χ2n) is 5.63. The number of hydrogen-bond donors (Lipinski definition) is 0. The van der Waals surface area contributed by atoms with Gasteiger partial charge in [0.2, 0.25) is 0 Å². The Labute approximate surface area is 153 Å². The molecule has 0 aliphatic carbocycles. The molecule has 0 fully saturated rings. The van der Waals surface area contributed by atoms with Crippen molar-refractivity contribution in [3.8, 4) is 5.13 Å². The lowest BCUT2D eigenvalue weighted by Crippen LogP contribution is -2.03. The number of aromatic nitrogens is 2. The van der Waals surface area contributed by atoms with E-state index in [0.29, 0.717) is 0 Å². The molecule has 0 bridgehead atoms. The van der Waals surface area contributed by atoms with E-state index in [-0.39, 0.29) is 12.2 Å². The fourth-order valence-corrected chi connectivity index (χ4v) is 3.34. The predicted octanol–water partition coefficient (Wildman–Crippen LogP) is 4.59. The number of carbonyl (C=O) groups excluding carboxylic acids is 1. The van der Waals surface area contributed by atoms with Gasteiger partial charge < -0.3 is 4.74 Å². The van der Waals surface area contributed by atoms with Crippen LogP contribution in [0.15, 0.2) is 41.9 Å². The molecular weight excluding hydrogens is 358 g/mol. The van der Waals surface area contributed by atoms with Gasteiger partial charge in [-0.3, -0.25) is 4.57 Å². The molecule has 0 saturated heterocycles. The van der Waals surface area contributed by atoms with Crippen LogP contribution in [0.2, 0.25) is 0 Å². The molecule has 0 N–H and O–H groups in total. The molecule has 2 aromatic heterocycles. The first kappa shape index (κ1) is 18.0. The van der Waals surface area contributed by atoms with Gasteiger partial charge >= 0.3 is 5.97 Å². The van der Waals surface area contributed by atoms with Crippen molar-refractivity contribution >= 4 is 23.4 Å². The molecule has 0 amide bonds. The maximum Gasteiger partial charge on any atom is 0.331 e. The maximum atomic E-state index is 13.5. The van der Waals surface area contributed by atoms with Crippen molar-refractivity contribution in [3.63, 3.8) is 0 Å². The summed E-state index contributed by atoms with van der Waals surface area (Å²) in [5.41, 5.74) is 2.78. The number of hydrogen-bond acceptors (Lipinski definition) is 4. The number of ether oxygens (including phenoxy) is 1. The van der Waals surface area contributed by atoms with Crippen LogP contribution >= 0.6 is 11.3 Å². The minimum atomic E-state index is -1.00. The monoisotopic (exact) mass is 374 g/mol. The Bertz CT molecular complexity index is 962. The standard InChI is InChI=1S/C19H16F2N2O2S/c1-12-10-14(13(2)23(12)19-22-8-9-26-19)6-7-17(24)25-11-15-4-3-5-16(20)18(15)21/h3-10H,11H2,1-2H3/b7-6+. The van der Waals surface area contributed by atoms with Crippen LogP contribution in [0.3, 0.4) is 0 Å². The van der Waals surface area contributed by atoms with Gasteiger partial charge in [0.15, 0.2) is 16.8 Å². The third-order valence-electron chi connectivity index (χ3n) is 3.88. The average molecular weight is 374 g/mol. The molecule has 1 aromatic carbocycles. The van der Waals surface area contributed by atoms with Gasteiger partial charge in [-0.15, -0.1) is 11.3 Å². The minimum absolute atomic E-state index is 0.00584. The van der Waals surface area contributed by atoms with E-state index in [0.717, 1.165) is 28.1 Å². The van der Waals surface area contributed by atoms with E-state index >= 15 is 0 Å². The van der Waals surface area contributed by atoms with Gasteiger partial charge in [0.1, 0.15) is 6.61 Å². The normalized spacial score (nSPS) is 11.2. The van der Waals surface area contributed by atoms with Crippen LogP contribution in [0, 0.1) is 25.5 Å². The SMILES string of the molecule is Cc1cc(/C=C/C(=O)OCc2cccc(F)c2F)c(C)n1-c1nccs1. The lowest BCUT2D eigenvalue weighted by atomic mass is 10.2. The van der Waals surface area contributed by atoms with Crippen molar-refractivity contribution in [2.45, 2.75) is 20.5 Å². The summed E-state index contributed by atoms with van der Waals surface area (Å²) in [5, 5.41) is 2.75. The van der Waals surface area contributed by atoms with Crippen molar-refractivity contribution < 1.29 is 18.3 Å². The Morgan fingerprint density at radius 1 is 1.35 bits per heavy atom. The average Bonchev–Trinajstić information content (AvgIpc) is 3.22. The molecule has 2 heterocycles. The fraction of sp³-hybridized carbons (Fsp3) is 0.158. The summed E-state index contributed by atoms with van der Waals surface area (Å²) < 4.78 is 33.7. The van der Waals surface area contributed by atoms with Crippen LogP contribution < -0.4 is 0 Å². The highest BCUT2D eigenvalue weighted by molar-refractivity contribution is 7.12. The molecule has 3 rings (SSSR count). The molecule has 0 atom stereocenters. The summed E-state index contributed by atoms with van der Waals surface area (Å²) in [7, 11) is 0. The minimum Gasteiger partial charge on any atom is -0.458 e. The molecule has 0 aliphatic heterocycles. The third kappa shape index (κ3) is 3.72. The second kappa shape index (κ2) is 7.61. The maximum absolute atomic E-state index is 13.5. The summed E-state index contributed by atoms with van der Waals surface area (Å²) in [5.74, 6) is -2.60. The quantitative estimate of drug-likeness (QED) is 0.485. The Balaban J connectivity index is 1.69. The summed E-state index contributed by atoms with van der Waals surface area (Å²) in [6.07, 6.45) is 4.64. The fourth-order valence-electron chi connectivity index (χ4n) is 2.59. The number of halogens is 2. The van der Waals surface area contributed by atoms with Crippen molar-refractivity contribution in [2.24, 2.45) is 0 Å². The van der Waals surface area contributed by atoms with Crippen molar-refractivity contribution in [1.82, 2.24) is 9.55 Å². The molecule has 7 heteroatoms. The number of rotatable bonds is 5. The van der Waals surface area contributed by atoms with E-state index in [2.05, 4.69) is 4.98 Å². The van der Waals surface area contributed by atoms with Gasteiger partial charge in [0.05, 0.1) is 0 Å². The summed E-state index contributed by atoms with van der Waals surface area (Å²) >= 11 is 1.52. The van der Waals surface area contributed by atoms with Crippen LogP contribution in [0.1, 0.15) is 22.5 Å². The molecule has 0 unspecified atom stereocenters. The molecule has 4 nitrogen and oxygen atoms in total. The third-order valence-corrected chi connectivity index (χ3v) is 4.64. The van der Waals surface area contributed by atoms with Gasteiger partial charge in [0.25, 0.3) is 0 Å². The predicted molar refractivity (Wildman–Crippen MR) is 96.1 cm³/mol. The molecule has 0 spiro atoms. The van der Waals surface area contributed by atoms with E-state index < -0.39 is 17.6 Å². The molecule has 3 aromatic rings. The molecule has 0 radical (unpaired) electrons. The van der Waals surface area contributed by atoms with Crippen molar-refractivity contribution in [2.75, 3.05) is 0 Å². The van der Waals surface area contributed by atoms with Gasteiger partial charge in [-0.1, -0.05) is 12.1 Å². The molecule has 0 saturated carbocycles. The Kier molecular flexibility index (Phi) is 5.27. The van der Waals surface area contributed by atoms with Crippen molar-refractivity contribution in [3.05, 3.63) is 76.1 Å². The number of nitrogens with zero attached hydrogens (tertiary/aromatic N) is 2. The van der Waals surface area contributed by atoms with Gasteiger partial charge in [-0.05, 0) is 37.6 Å². The lowest BCUT2D eigenvalue weighted by molar-refractivity contribution is -0.139. The van der Waals surface area contributed by atoms with Crippen LogP contribution in [-0.2, 0) is 16.1 Å². The smallest absolute Gasteiger partial charge is 0.331 e. The van der Waals surface area contributed by atoms with E-state index in [9.17, 15) is 13.6 Å². The first-order valence-electron chi connectivity index (χ1n) is 7.84. The zero-order valence-corrected chi connectivity index (χ0v) is 15.0. The number of aryl methyl sites for hydroxylation is 1. The van der Waals surface area contributed by atoms with E-state index in [1.807, 2.05) is 29.9 Å². The summed E-state index contributed by atoms with van der Waals surface area (Å²) in [6.45, 7) is 3.56. The van der Waals surface area contributed by atoms with Crippen LogP contribution in [-0.4, -0.2) is 15.5 Å². The van der Waals surface area contributed by atoms with E-state index in [1.54, 1.807) is 12.3 Å². The number of carbonyl (C=O) groups is 1. The first-order chi connectivity index (χ1) is 12.5. The topological polar surface area (TPSA) is 44.1 Å². The first-order valence-corrected chi connectivity index (χ1v) is 8.72. The Morgan fingerprint density at radius 3 is 2.88 bits per heavy atom. The van der Waals surface area contributed by atoms with Crippen LogP contribution in [0.5, 0.6) is 0 Å². The zero-order chi connectivity index (χ0) is 18.7. The molecule has 134 valence electrons. The highest BCUT2D eigenvalue weighted by Crippen LogP contribution is 2.23. The number of benzene rings is 1. The summed E-state index contributed by atoms with van der Waals surface area (Å²) in [6, 6.07) is 5.69. The highest BCUT2D eigenvalue weighted by Gasteiger charge is 2.12. The lowest BCUT2D eigenvalue weighted by Gasteiger charge is -2.05. The largest absolute Gasteiger partial charge is 0.458 e. The zero-order valence-electron chi connectivity index (χ0n) is 14.2. The number of esters is 1. The van der Waals surface area contributed by atoms with Gasteiger partial charge in [-0.25, -0.2) is 18.6 Å². The Hall–Kier alpha value is -2.80. The molecular formula is C19H16F2N2O2S. The highest BCUT2D eigenvalue weighted by atomic mass is 32.1. The second-order valence-corrected chi connectivity index (χ2v) is 6.50. The van der Waals surface area contributed by atoms with Crippen LogP contribution in [0.25, 0.3) is 11.2 Å². The van der Waals surface area contributed by atoms with Gasteiger partial charge in [-0.2, -0.15) is 0 Å². The van der Waals surface area contributed by atoms with E-state index in [1.165, 1.54) is 29.5 Å². The molecule has 0 aliphatic rings. The molecule has 26 heavy (non-hydrogen) atoms. The number of thiazole rings is 1. The van der Waals surface area contributed by atoms with Crippen LogP contribution in [0.4, 0.5) is 8.78 Å².